The van der Waals surface area contributed by atoms with E-state index in [0.29, 0.717) is 25.7 Å². The number of carbonyl (C=O) groups is 4. The van der Waals surface area contributed by atoms with Gasteiger partial charge in [0.05, 0.1) is 26.4 Å². The highest BCUT2D eigenvalue weighted by Crippen LogP contribution is 2.45. The summed E-state index contributed by atoms with van der Waals surface area (Å²) in [5, 5.41) is 10.6. The second-order valence-corrected chi connectivity index (χ2v) is 29.6. The van der Waals surface area contributed by atoms with Crippen LogP contribution in [0.5, 0.6) is 0 Å². The molecule has 0 aromatic heterocycles. The fourth-order valence-corrected chi connectivity index (χ4v) is 13.0. The first-order valence-corrected chi connectivity index (χ1v) is 41.8. The summed E-state index contributed by atoms with van der Waals surface area (Å²) >= 11 is 0. The highest BCUT2D eigenvalue weighted by atomic mass is 31.2. The third kappa shape index (κ3) is 68.4. The van der Waals surface area contributed by atoms with Crippen molar-refractivity contribution >= 4 is 39.5 Å². The Morgan fingerprint density at radius 3 is 0.634 bits per heavy atom. The van der Waals surface area contributed by atoms with E-state index in [1.54, 1.807) is 0 Å². The van der Waals surface area contributed by atoms with Crippen molar-refractivity contribution < 1.29 is 80.2 Å². The third-order valence-corrected chi connectivity index (χ3v) is 19.3. The minimum Gasteiger partial charge on any atom is -0.462 e. The van der Waals surface area contributed by atoms with Crippen LogP contribution in [0.1, 0.15) is 394 Å². The molecule has 552 valence electrons. The lowest BCUT2D eigenvalue weighted by atomic mass is 10.0. The summed E-state index contributed by atoms with van der Waals surface area (Å²) in [5.74, 6) is -2.12. The molecule has 0 aliphatic heterocycles. The molecule has 0 saturated carbocycles. The van der Waals surface area contributed by atoms with Gasteiger partial charge in [0, 0.05) is 25.7 Å². The number of carbonyl (C=O) groups excluding carboxylic acids is 4. The predicted octanol–water partition coefficient (Wildman–Crippen LogP) is 21.8. The second-order valence-electron chi connectivity index (χ2n) is 26.7. The van der Waals surface area contributed by atoms with E-state index >= 15 is 0 Å². The molecule has 0 spiro atoms. The molecule has 93 heavy (non-hydrogen) atoms. The van der Waals surface area contributed by atoms with Crippen LogP contribution in [0, 0.1) is 0 Å². The summed E-state index contributed by atoms with van der Waals surface area (Å²) in [6.07, 6.45) is 58.5. The highest BCUT2D eigenvalue weighted by Gasteiger charge is 2.30. The maximum absolute atomic E-state index is 13.1. The standard InChI is InChI=1S/C74H144O17P2/c1-5-9-13-17-21-24-27-29-31-32-33-34-35-36-37-39-42-45-49-53-57-61-74(79)91-70(65-85-72(77)59-55-51-47-43-41-38-30-28-25-22-18-14-10-6-2)67-89-93(82,83)87-63-68(75)62-86-92(80,81)88-66-69(64-84-71(76)58-54-50-46-20-16-12-8-4)90-73(78)60-56-52-48-44-40-26-23-19-15-11-7-3/h68-70,75H,5-67H2,1-4H3,(H,80,81)(H,82,83)/t68-,69+,70+/m0/s1. The quantitative estimate of drug-likeness (QED) is 0.0222. The fourth-order valence-electron chi connectivity index (χ4n) is 11.4. The molecule has 0 fully saturated rings. The Morgan fingerprint density at radius 2 is 0.430 bits per heavy atom. The Hall–Kier alpha value is -1.94. The summed E-state index contributed by atoms with van der Waals surface area (Å²) in [4.78, 5) is 72.5. The van der Waals surface area contributed by atoms with Crippen LogP contribution in [0.4, 0.5) is 0 Å². The summed E-state index contributed by atoms with van der Waals surface area (Å²) in [6, 6.07) is 0. The first kappa shape index (κ1) is 91.1. The molecule has 0 saturated heterocycles. The second kappa shape index (κ2) is 68.6. The first-order valence-electron chi connectivity index (χ1n) is 38.8. The van der Waals surface area contributed by atoms with Crippen LogP contribution in [-0.2, 0) is 65.4 Å². The SMILES string of the molecule is CCCCCCCCCCCCCCCCCCCCCCCC(=O)O[C@H](COC(=O)CCCCCCCCCCCCCCCC)COP(=O)(O)OC[C@@H](O)COP(=O)(O)OC[C@@H](COC(=O)CCCCCCCCC)OC(=O)CCCCCCCCCCCCC. The molecule has 0 aliphatic carbocycles. The van der Waals surface area contributed by atoms with Gasteiger partial charge >= 0.3 is 39.5 Å². The summed E-state index contributed by atoms with van der Waals surface area (Å²) in [7, 11) is -9.90. The molecule has 19 heteroatoms. The number of rotatable bonds is 75. The Labute approximate surface area is 568 Å². The maximum atomic E-state index is 13.1. The number of ether oxygens (including phenoxy) is 4. The van der Waals surface area contributed by atoms with Gasteiger partial charge in [-0.2, -0.15) is 0 Å². The van der Waals surface area contributed by atoms with Gasteiger partial charge in [0.15, 0.2) is 12.2 Å². The molecule has 0 aliphatic rings. The van der Waals surface area contributed by atoms with Crippen LogP contribution in [0.25, 0.3) is 0 Å². The van der Waals surface area contributed by atoms with Crippen molar-refractivity contribution in [1.29, 1.82) is 0 Å². The van der Waals surface area contributed by atoms with Gasteiger partial charge in [0.2, 0.25) is 0 Å². The molecule has 17 nitrogen and oxygen atoms in total. The number of aliphatic hydroxyl groups is 1. The monoisotopic (exact) mass is 1370 g/mol. The zero-order valence-corrected chi connectivity index (χ0v) is 62.0. The minimum absolute atomic E-state index is 0.107. The first-order chi connectivity index (χ1) is 45.2. The molecule has 2 unspecified atom stereocenters. The molecule has 3 N–H and O–H groups in total. The molecule has 0 heterocycles. The molecule has 0 aromatic rings. The van der Waals surface area contributed by atoms with E-state index in [1.807, 2.05) is 0 Å². The van der Waals surface area contributed by atoms with Crippen LogP contribution in [0.15, 0.2) is 0 Å². The van der Waals surface area contributed by atoms with Gasteiger partial charge in [-0.05, 0) is 25.7 Å². The fraction of sp³-hybridized carbons (Fsp3) is 0.946. The van der Waals surface area contributed by atoms with Crippen LogP contribution in [-0.4, -0.2) is 96.7 Å². The Kier molecular flexibility index (Phi) is 67.1. The average Bonchev–Trinajstić information content (AvgIpc) is 1.69. The van der Waals surface area contributed by atoms with Crippen LogP contribution in [0.2, 0.25) is 0 Å². The zero-order chi connectivity index (χ0) is 68.2. The number of hydrogen-bond acceptors (Lipinski definition) is 15. The molecular formula is C74H144O17P2. The van der Waals surface area contributed by atoms with E-state index < -0.39 is 97.5 Å². The van der Waals surface area contributed by atoms with Crippen LogP contribution in [0.3, 0.4) is 0 Å². The number of hydrogen-bond donors (Lipinski definition) is 3. The highest BCUT2D eigenvalue weighted by molar-refractivity contribution is 7.47. The smallest absolute Gasteiger partial charge is 0.462 e. The Morgan fingerprint density at radius 1 is 0.258 bits per heavy atom. The molecule has 0 aromatic carbocycles. The maximum Gasteiger partial charge on any atom is 0.472 e. The van der Waals surface area contributed by atoms with Gasteiger partial charge in [-0.3, -0.25) is 37.3 Å². The molecule has 0 rings (SSSR count). The van der Waals surface area contributed by atoms with Gasteiger partial charge in [-0.25, -0.2) is 9.13 Å². The normalized spacial score (nSPS) is 13.9. The van der Waals surface area contributed by atoms with Crippen LogP contribution >= 0.6 is 15.6 Å². The molecule has 5 atom stereocenters. The van der Waals surface area contributed by atoms with Crippen molar-refractivity contribution in [2.45, 2.75) is 412 Å². The number of aliphatic hydroxyl groups excluding tert-OH is 1. The van der Waals surface area contributed by atoms with Crippen LogP contribution < -0.4 is 0 Å². The topological polar surface area (TPSA) is 237 Å². The molecular weight excluding hydrogens is 1220 g/mol. The largest absolute Gasteiger partial charge is 0.472 e. The number of unbranched alkanes of at least 4 members (excludes halogenated alkanes) is 49. The van der Waals surface area contributed by atoms with E-state index in [0.717, 1.165) is 103 Å². The predicted molar refractivity (Wildman–Crippen MR) is 377 cm³/mol. The number of phosphoric acid groups is 2. The van der Waals surface area contributed by atoms with Gasteiger partial charge in [-0.1, -0.05) is 342 Å². The van der Waals surface area contributed by atoms with E-state index in [2.05, 4.69) is 27.7 Å². The lowest BCUT2D eigenvalue weighted by Crippen LogP contribution is -2.30. The Bertz CT molecular complexity index is 1770. The summed E-state index contributed by atoms with van der Waals surface area (Å²) in [5.41, 5.74) is 0. The Balaban J connectivity index is 5.15. The number of phosphoric ester groups is 2. The van der Waals surface area contributed by atoms with Crippen molar-refractivity contribution in [3.63, 3.8) is 0 Å². The van der Waals surface area contributed by atoms with Crippen molar-refractivity contribution in [2.24, 2.45) is 0 Å². The molecule has 0 bridgehead atoms. The van der Waals surface area contributed by atoms with E-state index in [-0.39, 0.29) is 25.7 Å². The van der Waals surface area contributed by atoms with Crippen molar-refractivity contribution in [2.75, 3.05) is 39.6 Å². The average molecular weight is 1370 g/mol. The van der Waals surface area contributed by atoms with Crippen molar-refractivity contribution in [3.05, 3.63) is 0 Å². The van der Waals surface area contributed by atoms with Gasteiger partial charge in [0.1, 0.15) is 19.3 Å². The lowest BCUT2D eigenvalue weighted by molar-refractivity contribution is -0.161. The molecule has 0 radical (unpaired) electrons. The third-order valence-electron chi connectivity index (χ3n) is 17.4. The number of esters is 4. The minimum atomic E-state index is -4.95. The van der Waals surface area contributed by atoms with E-state index in [1.165, 1.54) is 212 Å². The van der Waals surface area contributed by atoms with Gasteiger partial charge < -0.3 is 33.8 Å². The van der Waals surface area contributed by atoms with E-state index in [4.69, 9.17) is 37.0 Å². The summed E-state index contributed by atoms with van der Waals surface area (Å²) < 4.78 is 68.3. The van der Waals surface area contributed by atoms with Gasteiger partial charge in [0.25, 0.3) is 0 Å². The summed E-state index contributed by atoms with van der Waals surface area (Å²) in [6.45, 7) is 4.93. The van der Waals surface area contributed by atoms with Crippen molar-refractivity contribution in [3.8, 4) is 0 Å². The van der Waals surface area contributed by atoms with Crippen molar-refractivity contribution in [1.82, 2.24) is 0 Å². The van der Waals surface area contributed by atoms with Gasteiger partial charge in [-0.15, -0.1) is 0 Å². The zero-order valence-electron chi connectivity index (χ0n) is 60.2. The van der Waals surface area contributed by atoms with E-state index in [9.17, 15) is 43.2 Å². The lowest BCUT2D eigenvalue weighted by Gasteiger charge is -2.21. The molecule has 0 amide bonds.